The van der Waals surface area contributed by atoms with Crippen LogP contribution in [0, 0.1) is 5.41 Å². The summed E-state index contributed by atoms with van der Waals surface area (Å²) in [5.74, 6) is -8.91. The van der Waals surface area contributed by atoms with E-state index in [0.717, 1.165) is 10.8 Å². The molecule has 32 heteroatoms. The predicted octanol–water partition coefficient (Wildman–Crippen LogP) is -1.72. The normalized spacial score (nSPS) is 16.4. The quantitative estimate of drug-likeness (QED) is 0.0124. The monoisotopic (exact) mass is 1370 g/mol. The van der Waals surface area contributed by atoms with Crippen molar-refractivity contribution in [3.05, 3.63) is 157 Å². The molecule has 0 unspecified atom stereocenters. The maximum Gasteiger partial charge on any atom is 0.245 e. The first-order valence-corrected chi connectivity index (χ1v) is 32.8. The number of likely N-dealkylation sites (tertiary alicyclic amines) is 1. The number of hydrogen-bond acceptors (Lipinski definition) is 15. The second kappa shape index (κ2) is 33.3. The Morgan fingerprint density at radius 2 is 1.08 bits per heavy atom. The number of carbonyl (C=O) groups is 11. The van der Waals surface area contributed by atoms with Crippen molar-refractivity contribution in [2.45, 2.75) is 125 Å². The molecule has 9 atom stereocenters. The Morgan fingerprint density at radius 1 is 0.570 bits per heavy atom. The number of guanidine groups is 1. The third kappa shape index (κ3) is 18.6. The van der Waals surface area contributed by atoms with Crippen LogP contribution < -0.4 is 64.6 Å². The molecule has 0 spiro atoms. The Labute approximate surface area is 571 Å². The number of imidazole rings is 2. The van der Waals surface area contributed by atoms with Gasteiger partial charge in [-0.05, 0) is 71.7 Å². The van der Waals surface area contributed by atoms with E-state index in [1.54, 1.807) is 42.7 Å². The number of aromatic amines is 4. The summed E-state index contributed by atoms with van der Waals surface area (Å²) in [4.78, 5) is 177. The van der Waals surface area contributed by atoms with E-state index in [1.165, 1.54) is 29.9 Å². The van der Waals surface area contributed by atoms with Gasteiger partial charge in [-0.1, -0.05) is 78.9 Å². The Morgan fingerprint density at radius 3 is 1.61 bits per heavy atom. The van der Waals surface area contributed by atoms with Gasteiger partial charge in [0, 0.05) is 98.2 Å². The number of aromatic nitrogens is 6. The molecule has 100 heavy (non-hydrogen) atoms. The molecule has 2 saturated heterocycles. The molecule has 2 fully saturated rings. The molecule has 10 rings (SSSR count). The number of H-pyrrole nitrogens is 4. The van der Waals surface area contributed by atoms with Crippen molar-refractivity contribution in [3.8, 4) is 0 Å². The van der Waals surface area contributed by atoms with Crippen LogP contribution in [-0.2, 0) is 84.8 Å². The highest BCUT2D eigenvalue weighted by atomic mass is 16.3. The van der Waals surface area contributed by atoms with E-state index in [0.29, 0.717) is 50.6 Å². The minimum Gasteiger partial charge on any atom is -0.394 e. The number of primary amides is 1. The van der Waals surface area contributed by atoms with E-state index in [9.17, 15) is 43.5 Å². The average Bonchev–Trinajstić information content (AvgIpc) is 1.54. The van der Waals surface area contributed by atoms with Crippen LogP contribution in [0.4, 0.5) is 0 Å². The second-order valence-electron chi connectivity index (χ2n) is 24.7. The number of hydrogen-bond donors (Lipinski definition) is 18. The molecule has 6 heterocycles. The molecule has 8 aromatic rings. The molecule has 0 radical (unpaired) electrons. The highest BCUT2D eigenvalue weighted by Gasteiger charge is 2.40. The number of aliphatic hydroxyl groups is 1. The van der Waals surface area contributed by atoms with Crippen molar-refractivity contribution in [3.63, 3.8) is 0 Å². The lowest BCUT2D eigenvalue weighted by Gasteiger charge is -2.30. The summed E-state index contributed by atoms with van der Waals surface area (Å²) < 4.78 is 0. The molecule has 2 aliphatic heterocycles. The lowest BCUT2D eigenvalue weighted by Crippen LogP contribution is -2.62. The van der Waals surface area contributed by atoms with E-state index in [-0.39, 0.29) is 94.9 Å². The van der Waals surface area contributed by atoms with Crippen LogP contribution in [0.25, 0.3) is 32.6 Å². The summed E-state index contributed by atoms with van der Waals surface area (Å²) in [5, 5.41) is 48.6. The molecule has 0 bridgehead atoms. The van der Waals surface area contributed by atoms with Crippen LogP contribution in [0.2, 0.25) is 0 Å². The van der Waals surface area contributed by atoms with Gasteiger partial charge in [0.2, 0.25) is 65.0 Å². The molecule has 524 valence electrons. The van der Waals surface area contributed by atoms with E-state index in [4.69, 9.17) is 16.9 Å². The average molecular weight is 1370 g/mol. The minimum absolute atomic E-state index is 0.0317. The highest BCUT2D eigenvalue weighted by Crippen LogP contribution is 2.24. The number of aliphatic hydroxyl groups excluding tert-OH is 1. The fourth-order valence-corrected chi connectivity index (χ4v) is 12.4. The van der Waals surface area contributed by atoms with E-state index < -0.39 is 127 Å². The molecule has 20 N–H and O–H groups in total. The van der Waals surface area contributed by atoms with E-state index >= 15 is 14.4 Å². The maximum absolute atomic E-state index is 15.4. The number of nitrogens with two attached hydrogens (primary N) is 2. The van der Waals surface area contributed by atoms with Gasteiger partial charge in [-0.2, -0.15) is 0 Å². The van der Waals surface area contributed by atoms with Crippen molar-refractivity contribution >= 4 is 104 Å². The zero-order valence-corrected chi connectivity index (χ0v) is 54.4. The number of carbonyl (C=O) groups excluding carboxylic acids is 11. The fourth-order valence-electron chi connectivity index (χ4n) is 12.4. The van der Waals surface area contributed by atoms with Gasteiger partial charge in [-0.25, -0.2) is 9.97 Å². The number of benzene rings is 4. The van der Waals surface area contributed by atoms with Crippen LogP contribution in [0.15, 0.2) is 128 Å². The van der Waals surface area contributed by atoms with Gasteiger partial charge >= 0.3 is 0 Å². The largest absolute Gasteiger partial charge is 0.394 e. The third-order valence-corrected chi connectivity index (χ3v) is 17.6. The Kier molecular flexibility index (Phi) is 23.6. The number of rotatable bonds is 33. The number of amides is 11. The van der Waals surface area contributed by atoms with Crippen molar-refractivity contribution in [2.24, 2.45) is 11.5 Å². The van der Waals surface area contributed by atoms with Crippen LogP contribution in [0.1, 0.15) is 66.6 Å². The zero-order valence-electron chi connectivity index (χ0n) is 54.4. The summed E-state index contributed by atoms with van der Waals surface area (Å²) in [6, 6.07) is 14.8. The van der Waals surface area contributed by atoms with E-state index in [2.05, 4.69) is 83.1 Å². The number of para-hydroxylation sites is 2. The van der Waals surface area contributed by atoms with Gasteiger partial charge in [0.05, 0.1) is 37.2 Å². The lowest BCUT2D eigenvalue weighted by atomic mass is 9.99. The number of nitrogens with zero attached hydrogens (tertiary/aromatic N) is 3. The SMILES string of the molecule is N=C(N)NCCC[C@H](NC(=O)[C@H](Cc1c[nH]c2ccccc12)NC(=O)[C@@H](Cc1ccc2ccccc2c1)NC(=O)[C@H](Cc1c[nH]cn1)NC(=O)[C@H](CO)NC(=O)[C@H](Cc1c[nH]c2ccccc12)NC(=O)[C@H](Cc1c[nH]cn1)NC(=O)[C@@H]1CCC(=O)N1)C(=O)N1CCC[C@H]1C(=O)NCC(N)=O. The number of fused-ring (bicyclic) bond motifs is 3. The standard InChI is InChI=1S/C68H80N20O12/c69-57(90)33-77-66(99)56-16-8-22-88(56)67(100)49(15-7-21-74-68(70)71)81-61(94)51(25-40-29-75-46-13-5-3-11-44(40)46)83-60(93)50(24-37-17-18-38-9-1-2-10-39(38)23-37)82-63(96)54(28-43-32-73-36-79-43)86-65(98)55(34-89)87-62(95)52(26-41-30-76-47-14-6-4-12-45(41)47)84-64(97)53(27-42-31-72-35-78-42)85-59(92)48-19-20-58(91)80-48/h1-6,9-14,17-18,23,29-32,35-36,48-56,75-76,89H,7-8,15-16,19-22,24-28,33-34H2,(H2,69,90)(H,72,78)(H,73,79)(H,77,99)(H,80,91)(H,81,94)(H,82,96)(H,83,93)(H,84,97)(H,85,92)(H,86,98)(H,87,95)(H4,70,71,74)/t48-,49-,50+,51-,52-,53-,54-,55-,56-/m0/s1. The molecule has 4 aromatic carbocycles. The van der Waals surface area contributed by atoms with Crippen LogP contribution in [0.5, 0.6) is 0 Å². The summed E-state index contributed by atoms with van der Waals surface area (Å²) in [6.45, 7) is -1.26. The van der Waals surface area contributed by atoms with Gasteiger partial charge in [0.25, 0.3) is 0 Å². The molecular formula is C68H80N20O12. The van der Waals surface area contributed by atoms with Gasteiger partial charge in [-0.15, -0.1) is 0 Å². The maximum atomic E-state index is 15.4. The first-order valence-electron chi connectivity index (χ1n) is 32.8. The summed E-state index contributed by atoms with van der Waals surface area (Å²) in [6.07, 6.45) is 9.11. The van der Waals surface area contributed by atoms with Crippen LogP contribution >= 0.6 is 0 Å². The zero-order chi connectivity index (χ0) is 70.8. The smallest absolute Gasteiger partial charge is 0.245 e. The Balaban J connectivity index is 0.923. The molecular weight excluding hydrogens is 1290 g/mol. The summed E-state index contributed by atoms with van der Waals surface area (Å²) in [7, 11) is 0. The highest BCUT2D eigenvalue weighted by molar-refractivity contribution is 6.00. The van der Waals surface area contributed by atoms with Crippen LogP contribution in [-0.4, -0.2) is 191 Å². The number of nitrogens with one attached hydrogen (secondary N) is 15. The van der Waals surface area contributed by atoms with Gasteiger partial charge in [0.15, 0.2) is 5.96 Å². The third-order valence-electron chi connectivity index (χ3n) is 17.6. The van der Waals surface area contributed by atoms with Crippen molar-refractivity contribution in [1.29, 1.82) is 5.41 Å². The second-order valence-corrected chi connectivity index (χ2v) is 24.7. The topological polar surface area (TPSA) is 496 Å². The summed E-state index contributed by atoms with van der Waals surface area (Å²) in [5.41, 5.74) is 14.6. The van der Waals surface area contributed by atoms with Crippen LogP contribution in [0.3, 0.4) is 0 Å². The molecule has 32 nitrogen and oxygen atoms in total. The Bertz CT molecular complexity index is 4290. The first-order chi connectivity index (χ1) is 48.3. The van der Waals surface area contributed by atoms with Crippen molar-refractivity contribution in [1.82, 2.24) is 88.0 Å². The van der Waals surface area contributed by atoms with Gasteiger partial charge in [0.1, 0.15) is 54.4 Å². The fraction of sp³-hybridized carbons (Fsp3) is 0.353. The summed E-state index contributed by atoms with van der Waals surface area (Å²) >= 11 is 0. The minimum atomic E-state index is -1.80. The molecule has 2 aliphatic rings. The molecule has 0 saturated carbocycles. The lowest BCUT2D eigenvalue weighted by molar-refractivity contribution is -0.142. The van der Waals surface area contributed by atoms with Gasteiger partial charge in [-0.3, -0.25) is 58.1 Å². The Hall–Kier alpha value is -12.0. The first kappa shape index (κ1) is 70.8. The van der Waals surface area contributed by atoms with Crippen molar-refractivity contribution < 1.29 is 57.8 Å². The molecule has 11 amide bonds. The van der Waals surface area contributed by atoms with E-state index in [1.807, 2.05) is 60.7 Å². The molecule has 4 aromatic heterocycles. The van der Waals surface area contributed by atoms with Crippen molar-refractivity contribution in [2.75, 3.05) is 26.2 Å². The molecule has 0 aliphatic carbocycles. The van der Waals surface area contributed by atoms with Gasteiger partial charge < -0.3 is 94.6 Å². The predicted molar refractivity (Wildman–Crippen MR) is 364 cm³/mol.